The molecule has 0 bridgehead atoms. The molecule has 1 aromatic carbocycles. The Morgan fingerprint density at radius 3 is 2.73 bits per heavy atom. The summed E-state index contributed by atoms with van der Waals surface area (Å²) in [5, 5.41) is 8.62. The topological polar surface area (TPSA) is 66.8 Å². The molecule has 1 aromatic heterocycles. The fourth-order valence-corrected chi connectivity index (χ4v) is 4.38. The van der Waals surface area contributed by atoms with Crippen LogP contribution in [0.4, 0.5) is 0 Å². The van der Waals surface area contributed by atoms with Gasteiger partial charge in [0.15, 0.2) is 6.61 Å². The molecule has 1 N–H and O–H groups in total. The van der Waals surface area contributed by atoms with Gasteiger partial charge in [0.1, 0.15) is 5.75 Å². The maximum atomic E-state index is 12.7. The molecule has 1 aliphatic rings. The average Bonchev–Trinajstić information content (AvgIpc) is 3.03. The minimum atomic E-state index is -1.01. The first kappa shape index (κ1) is 18.5. The second kappa shape index (κ2) is 7.91. The predicted octanol–water partition coefficient (Wildman–Crippen LogP) is 3.61. The number of carboxylic acid groups (broad SMARTS) is 1. The number of aliphatic carboxylic acids is 1. The van der Waals surface area contributed by atoms with Gasteiger partial charge in [-0.2, -0.15) is 0 Å². The third-order valence-electron chi connectivity index (χ3n) is 4.59. The monoisotopic (exact) mass is 373 g/mol. The number of amides is 1. The zero-order chi connectivity index (χ0) is 18.7. The van der Waals surface area contributed by atoms with Crippen molar-refractivity contribution in [1.82, 2.24) is 4.90 Å². The standard InChI is InChI=1S/C20H23NO4S/c1-13-3-8-17-15(9-13)10-18(26-17)20(24)21(2)11-14-4-6-16(7-5-14)25-12-19(22)23/h4-7,10,13H,3,8-9,11-12H2,1-2H3,(H,22,23). The number of carboxylic acids is 1. The van der Waals surface area contributed by atoms with Gasteiger partial charge in [0.25, 0.3) is 5.91 Å². The second-order valence-corrected chi connectivity index (χ2v) is 8.03. The van der Waals surface area contributed by atoms with E-state index in [1.807, 2.05) is 12.1 Å². The molecule has 2 aromatic rings. The summed E-state index contributed by atoms with van der Waals surface area (Å²) in [5.41, 5.74) is 2.31. The quantitative estimate of drug-likeness (QED) is 0.840. The number of rotatable bonds is 6. The zero-order valence-corrected chi connectivity index (χ0v) is 15.8. The molecule has 1 heterocycles. The van der Waals surface area contributed by atoms with Crippen LogP contribution in [0.3, 0.4) is 0 Å². The maximum Gasteiger partial charge on any atom is 0.341 e. The molecule has 26 heavy (non-hydrogen) atoms. The summed E-state index contributed by atoms with van der Waals surface area (Å²) < 4.78 is 5.12. The number of carbonyl (C=O) groups is 2. The van der Waals surface area contributed by atoms with Crippen LogP contribution in [0.15, 0.2) is 30.3 Å². The fourth-order valence-electron chi connectivity index (χ4n) is 3.18. The van der Waals surface area contributed by atoms with Gasteiger partial charge in [0.2, 0.25) is 0 Å². The van der Waals surface area contributed by atoms with Crippen molar-refractivity contribution in [3.05, 3.63) is 51.2 Å². The van der Waals surface area contributed by atoms with E-state index in [9.17, 15) is 9.59 Å². The molecule has 0 saturated heterocycles. The lowest BCUT2D eigenvalue weighted by Crippen LogP contribution is -2.25. The van der Waals surface area contributed by atoms with Crippen molar-refractivity contribution in [2.24, 2.45) is 5.92 Å². The molecular weight excluding hydrogens is 350 g/mol. The molecule has 6 heteroatoms. The molecule has 1 amide bonds. The normalized spacial score (nSPS) is 16.0. The van der Waals surface area contributed by atoms with E-state index in [0.717, 1.165) is 23.3 Å². The van der Waals surface area contributed by atoms with Gasteiger partial charge in [-0.15, -0.1) is 11.3 Å². The molecule has 1 unspecified atom stereocenters. The van der Waals surface area contributed by atoms with Gasteiger partial charge in [-0.1, -0.05) is 19.1 Å². The molecule has 5 nitrogen and oxygen atoms in total. The van der Waals surface area contributed by atoms with Gasteiger partial charge in [0, 0.05) is 18.5 Å². The highest BCUT2D eigenvalue weighted by atomic mass is 32.1. The Balaban J connectivity index is 1.61. The minimum Gasteiger partial charge on any atom is -0.482 e. The largest absolute Gasteiger partial charge is 0.482 e. The molecule has 0 spiro atoms. The van der Waals surface area contributed by atoms with Crippen LogP contribution in [0, 0.1) is 5.92 Å². The van der Waals surface area contributed by atoms with Crippen molar-refractivity contribution < 1.29 is 19.4 Å². The summed E-state index contributed by atoms with van der Waals surface area (Å²) in [4.78, 5) is 27.1. The second-order valence-electron chi connectivity index (χ2n) is 6.89. The molecule has 0 radical (unpaired) electrons. The molecule has 1 aliphatic carbocycles. The van der Waals surface area contributed by atoms with Crippen LogP contribution in [0.1, 0.15) is 39.0 Å². The number of nitrogens with zero attached hydrogens (tertiary/aromatic N) is 1. The van der Waals surface area contributed by atoms with Gasteiger partial charge in [0.05, 0.1) is 4.88 Å². The summed E-state index contributed by atoms with van der Waals surface area (Å²) in [5.74, 6) is 0.237. The van der Waals surface area contributed by atoms with E-state index in [1.54, 1.807) is 35.4 Å². The van der Waals surface area contributed by atoms with Crippen LogP contribution in [-0.2, 0) is 24.2 Å². The maximum absolute atomic E-state index is 12.7. The smallest absolute Gasteiger partial charge is 0.341 e. The van der Waals surface area contributed by atoms with Crippen molar-refractivity contribution >= 4 is 23.2 Å². The third kappa shape index (κ3) is 4.43. The molecule has 138 valence electrons. The number of carbonyl (C=O) groups excluding carboxylic acids is 1. The predicted molar refractivity (Wildman–Crippen MR) is 101 cm³/mol. The Morgan fingerprint density at radius 2 is 2.04 bits per heavy atom. The molecule has 3 rings (SSSR count). The van der Waals surface area contributed by atoms with E-state index in [-0.39, 0.29) is 12.5 Å². The fraction of sp³-hybridized carbons (Fsp3) is 0.400. The van der Waals surface area contributed by atoms with Crippen molar-refractivity contribution in [3.8, 4) is 5.75 Å². The number of hydrogen-bond donors (Lipinski definition) is 1. The van der Waals surface area contributed by atoms with Crippen molar-refractivity contribution in [1.29, 1.82) is 0 Å². The minimum absolute atomic E-state index is 0.0447. The molecule has 0 fully saturated rings. The van der Waals surface area contributed by atoms with Gasteiger partial charge in [-0.3, -0.25) is 4.79 Å². The molecular formula is C20H23NO4S. The van der Waals surface area contributed by atoms with E-state index in [2.05, 4.69) is 13.0 Å². The number of benzene rings is 1. The summed E-state index contributed by atoms with van der Waals surface area (Å²) in [6.45, 7) is 2.40. The first-order chi connectivity index (χ1) is 12.4. The van der Waals surface area contributed by atoms with Crippen LogP contribution in [0.5, 0.6) is 5.75 Å². The highest BCUT2D eigenvalue weighted by Gasteiger charge is 2.22. The van der Waals surface area contributed by atoms with Crippen LogP contribution in [0.2, 0.25) is 0 Å². The van der Waals surface area contributed by atoms with Crippen molar-refractivity contribution in [2.45, 2.75) is 32.7 Å². The third-order valence-corrected chi connectivity index (χ3v) is 5.82. The van der Waals surface area contributed by atoms with Crippen LogP contribution >= 0.6 is 11.3 Å². The summed E-state index contributed by atoms with van der Waals surface area (Å²) >= 11 is 1.63. The van der Waals surface area contributed by atoms with Crippen LogP contribution in [-0.4, -0.2) is 35.5 Å². The number of fused-ring (bicyclic) bond motifs is 1. The number of aryl methyl sites for hydroxylation is 1. The van der Waals surface area contributed by atoms with Crippen LogP contribution in [0.25, 0.3) is 0 Å². The molecule has 0 aliphatic heterocycles. The zero-order valence-electron chi connectivity index (χ0n) is 15.0. The lowest BCUT2D eigenvalue weighted by atomic mass is 9.90. The van der Waals surface area contributed by atoms with E-state index in [4.69, 9.17) is 9.84 Å². The Labute approximate surface area is 157 Å². The highest BCUT2D eigenvalue weighted by Crippen LogP contribution is 2.32. The summed E-state index contributed by atoms with van der Waals surface area (Å²) in [6.07, 6.45) is 3.35. The van der Waals surface area contributed by atoms with Crippen LogP contribution < -0.4 is 4.74 Å². The Morgan fingerprint density at radius 1 is 1.31 bits per heavy atom. The van der Waals surface area contributed by atoms with Gasteiger partial charge in [-0.05, 0) is 54.5 Å². The van der Waals surface area contributed by atoms with Gasteiger partial charge < -0.3 is 14.7 Å². The number of ether oxygens (including phenoxy) is 1. The van der Waals surface area contributed by atoms with E-state index >= 15 is 0 Å². The van der Waals surface area contributed by atoms with E-state index < -0.39 is 5.97 Å². The Bertz CT molecular complexity index is 797. The van der Waals surface area contributed by atoms with E-state index in [0.29, 0.717) is 18.2 Å². The lowest BCUT2D eigenvalue weighted by Gasteiger charge is -2.16. The molecule has 1 atom stereocenters. The Hall–Kier alpha value is -2.34. The lowest BCUT2D eigenvalue weighted by molar-refractivity contribution is -0.139. The van der Waals surface area contributed by atoms with Crippen molar-refractivity contribution in [3.63, 3.8) is 0 Å². The highest BCUT2D eigenvalue weighted by molar-refractivity contribution is 7.14. The summed E-state index contributed by atoms with van der Waals surface area (Å²) in [6, 6.07) is 9.21. The first-order valence-corrected chi connectivity index (χ1v) is 9.54. The van der Waals surface area contributed by atoms with E-state index in [1.165, 1.54) is 16.9 Å². The summed E-state index contributed by atoms with van der Waals surface area (Å²) in [7, 11) is 1.80. The number of thiophene rings is 1. The van der Waals surface area contributed by atoms with Crippen molar-refractivity contribution in [2.75, 3.05) is 13.7 Å². The Kier molecular flexibility index (Phi) is 5.61. The SMILES string of the molecule is CC1CCc2sc(C(=O)N(C)Cc3ccc(OCC(=O)O)cc3)cc2C1. The molecule has 0 saturated carbocycles. The van der Waals surface area contributed by atoms with Gasteiger partial charge >= 0.3 is 5.97 Å². The van der Waals surface area contributed by atoms with Gasteiger partial charge in [-0.25, -0.2) is 4.79 Å². The number of hydrogen-bond acceptors (Lipinski definition) is 4. The first-order valence-electron chi connectivity index (χ1n) is 8.73. The average molecular weight is 373 g/mol.